The molecule has 0 aromatic heterocycles. The van der Waals surface area contributed by atoms with Gasteiger partial charge in [-0.15, -0.1) is 0 Å². The highest BCUT2D eigenvalue weighted by molar-refractivity contribution is 5.84. The lowest BCUT2D eigenvalue weighted by atomic mass is 9.79. The van der Waals surface area contributed by atoms with Crippen molar-refractivity contribution in [1.82, 2.24) is 10.2 Å². The number of nitrogens with zero attached hydrogens (tertiary/aromatic N) is 1. The Balaban J connectivity index is 1.93. The van der Waals surface area contributed by atoms with Crippen LogP contribution in [-0.2, 0) is 9.53 Å². The molecule has 86 valence electrons. The first-order valence-corrected chi connectivity index (χ1v) is 5.72. The predicted molar refractivity (Wildman–Crippen MR) is 57.6 cm³/mol. The van der Waals surface area contributed by atoms with Crippen molar-refractivity contribution in [2.45, 2.75) is 37.3 Å². The Kier molecular flexibility index (Phi) is 2.98. The van der Waals surface area contributed by atoms with E-state index in [-0.39, 0.29) is 17.6 Å². The molecule has 1 aliphatic heterocycles. The summed E-state index contributed by atoms with van der Waals surface area (Å²) in [5, 5.41) is 3.05. The lowest BCUT2D eigenvalue weighted by Crippen LogP contribution is -2.51. The number of carbonyl (C=O) groups excluding carboxylic acids is 1. The topological polar surface area (TPSA) is 41.6 Å². The van der Waals surface area contributed by atoms with Crippen LogP contribution < -0.4 is 5.32 Å². The van der Waals surface area contributed by atoms with Gasteiger partial charge in [0.25, 0.3) is 0 Å². The Morgan fingerprint density at radius 1 is 1.60 bits per heavy atom. The first kappa shape index (κ1) is 10.9. The maximum atomic E-state index is 11.9. The number of amides is 1. The minimum Gasteiger partial charge on any atom is -0.376 e. The molecule has 0 aromatic rings. The van der Waals surface area contributed by atoms with E-state index in [0.717, 1.165) is 32.4 Å². The monoisotopic (exact) mass is 212 g/mol. The number of rotatable bonds is 4. The Morgan fingerprint density at radius 2 is 2.33 bits per heavy atom. The second-order valence-electron chi connectivity index (χ2n) is 4.63. The van der Waals surface area contributed by atoms with Crippen LogP contribution in [0, 0.1) is 0 Å². The van der Waals surface area contributed by atoms with Gasteiger partial charge in [0.2, 0.25) is 5.91 Å². The molecule has 1 atom stereocenters. The summed E-state index contributed by atoms with van der Waals surface area (Å²) >= 11 is 0. The number of ether oxygens (including phenoxy) is 1. The van der Waals surface area contributed by atoms with E-state index in [1.54, 1.807) is 7.11 Å². The summed E-state index contributed by atoms with van der Waals surface area (Å²) in [5.74, 6) is 0.237. The molecule has 0 bridgehead atoms. The van der Waals surface area contributed by atoms with Crippen LogP contribution in [-0.4, -0.2) is 49.7 Å². The zero-order valence-electron chi connectivity index (χ0n) is 9.58. The van der Waals surface area contributed by atoms with Crippen LogP contribution in [0.5, 0.6) is 0 Å². The maximum Gasteiger partial charge on any atom is 0.239 e. The van der Waals surface area contributed by atoms with Crippen molar-refractivity contribution < 1.29 is 9.53 Å². The fourth-order valence-corrected chi connectivity index (χ4v) is 2.51. The molecule has 4 heteroatoms. The molecule has 0 spiro atoms. The highest BCUT2D eigenvalue weighted by Crippen LogP contribution is 2.36. The Labute approximate surface area is 91.0 Å². The third kappa shape index (κ3) is 1.88. The Hall–Kier alpha value is -0.610. The summed E-state index contributed by atoms with van der Waals surface area (Å²) in [6.45, 7) is 1.65. The largest absolute Gasteiger partial charge is 0.376 e. The summed E-state index contributed by atoms with van der Waals surface area (Å²) in [6, 6.07) is 0.0268. The molecule has 2 aliphatic rings. The molecule has 0 aromatic carbocycles. The molecule has 1 heterocycles. The fourth-order valence-electron chi connectivity index (χ4n) is 2.51. The second-order valence-corrected chi connectivity index (χ2v) is 4.63. The molecule has 0 radical (unpaired) electrons. The van der Waals surface area contributed by atoms with E-state index in [0.29, 0.717) is 0 Å². The average Bonchev–Trinajstić information content (AvgIpc) is 2.53. The number of likely N-dealkylation sites (tertiary alicyclic amines) is 1. The summed E-state index contributed by atoms with van der Waals surface area (Å²) in [7, 11) is 3.61. The molecular weight excluding hydrogens is 192 g/mol. The number of nitrogens with one attached hydrogen (secondary N) is 1. The smallest absolute Gasteiger partial charge is 0.239 e. The fraction of sp³-hybridized carbons (Fsp3) is 0.909. The predicted octanol–water partition coefficient (Wildman–Crippen LogP) is 0.376. The molecular formula is C11H20N2O2. The van der Waals surface area contributed by atoms with E-state index in [1.165, 1.54) is 6.42 Å². The van der Waals surface area contributed by atoms with Gasteiger partial charge in [0, 0.05) is 20.2 Å². The summed E-state index contributed by atoms with van der Waals surface area (Å²) in [6.07, 6.45) is 4.34. The highest BCUT2D eigenvalue weighted by atomic mass is 16.5. The standard InChI is InChI=1S/C11H20N2O2/c1-12-9-4-7-13(10(9)14)8-11(15-2)5-3-6-11/h9,12H,3-8H2,1-2H3. The number of methoxy groups -OCH3 is 1. The van der Waals surface area contributed by atoms with Crippen LogP contribution in [0.1, 0.15) is 25.7 Å². The lowest BCUT2D eigenvalue weighted by molar-refractivity contribution is -0.138. The molecule has 2 fully saturated rings. The van der Waals surface area contributed by atoms with Crippen molar-refractivity contribution in [3.05, 3.63) is 0 Å². The van der Waals surface area contributed by atoms with E-state index in [4.69, 9.17) is 4.74 Å². The number of hydrogen-bond acceptors (Lipinski definition) is 3. The molecule has 15 heavy (non-hydrogen) atoms. The highest BCUT2D eigenvalue weighted by Gasteiger charge is 2.42. The third-order valence-electron chi connectivity index (χ3n) is 3.82. The molecule has 1 N–H and O–H groups in total. The van der Waals surface area contributed by atoms with E-state index in [9.17, 15) is 4.79 Å². The first-order valence-electron chi connectivity index (χ1n) is 5.72. The van der Waals surface area contributed by atoms with Gasteiger partial charge in [-0.05, 0) is 32.7 Å². The van der Waals surface area contributed by atoms with Crippen LogP contribution in [0.4, 0.5) is 0 Å². The van der Waals surface area contributed by atoms with E-state index in [1.807, 2.05) is 11.9 Å². The van der Waals surface area contributed by atoms with Gasteiger partial charge in [0.1, 0.15) is 0 Å². The first-order chi connectivity index (χ1) is 7.21. The van der Waals surface area contributed by atoms with Crippen LogP contribution in [0.2, 0.25) is 0 Å². The quantitative estimate of drug-likeness (QED) is 0.732. The number of hydrogen-bond donors (Lipinski definition) is 1. The van der Waals surface area contributed by atoms with E-state index < -0.39 is 0 Å². The zero-order chi connectivity index (χ0) is 10.9. The molecule has 1 amide bonds. The molecule has 1 unspecified atom stereocenters. The van der Waals surface area contributed by atoms with Crippen molar-refractivity contribution in [3.8, 4) is 0 Å². The van der Waals surface area contributed by atoms with Gasteiger partial charge < -0.3 is 15.0 Å². The van der Waals surface area contributed by atoms with Gasteiger partial charge >= 0.3 is 0 Å². The normalized spacial score (nSPS) is 29.3. The van der Waals surface area contributed by atoms with Gasteiger partial charge in [-0.25, -0.2) is 0 Å². The van der Waals surface area contributed by atoms with Crippen molar-refractivity contribution >= 4 is 5.91 Å². The summed E-state index contributed by atoms with van der Waals surface area (Å²) < 4.78 is 5.54. The summed E-state index contributed by atoms with van der Waals surface area (Å²) in [5.41, 5.74) is -0.0295. The molecule has 1 saturated carbocycles. The van der Waals surface area contributed by atoms with Gasteiger partial charge in [0.15, 0.2) is 0 Å². The van der Waals surface area contributed by atoms with Crippen molar-refractivity contribution in [2.24, 2.45) is 0 Å². The summed E-state index contributed by atoms with van der Waals surface area (Å²) in [4.78, 5) is 13.8. The average molecular weight is 212 g/mol. The number of carbonyl (C=O) groups is 1. The van der Waals surface area contributed by atoms with Crippen LogP contribution >= 0.6 is 0 Å². The SMILES string of the molecule is CNC1CCN(CC2(OC)CCC2)C1=O. The zero-order valence-corrected chi connectivity index (χ0v) is 9.58. The minimum atomic E-state index is -0.0295. The van der Waals surface area contributed by atoms with Crippen LogP contribution in [0.25, 0.3) is 0 Å². The van der Waals surface area contributed by atoms with E-state index >= 15 is 0 Å². The molecule has 4 nitrogen and oxygen atoms in total. The molecule has 2 rings (SSSR count). The van der Waals surface area contributed by atoms with Crippen LogP contribution in [0.15, 0.2) is 0 Å². The van der Waals surface area contributed by atoms with Crippen molar-refractivity contribution in [3.63, 3.8) is 0 Å². The Bertz CT molecular complexity index is 245. The second kappa shape index (κ2) is 4.10. The van der Waals surface area contributed by atoms with E-state index in [2.05, 4.69) is 5.32 Å². The van der Waals surface area contributed by atoms with Crippen molar-refractivity contribution in [2.75, 3.05) is 27.2 Å². The number of likely N-dealkylation sites (N-methyl/N-ethyl adjacent to an activating group) is 1. The van der Waals surface area contributed by atoms with Gasteiger partial charge in [0.05, 0.1) is 11.6 Å². The maximum absolute atomic E-state index is 11.9. The minimum absolute atomic E-state index is 0.0268. The molecule has 1 aliphatic carbocycles. The van der Waals surface area contributed by atoms with Crippen LogP contribution in [0.3, 0.4) is 0 Å². The lowest BCUT2D eigenvalue weighted by Gasteiger charge is -2.42. The Morgan fingerprint density at radius 3 is 2.73 bits per heavy atom. The van der Waals surface area contributed by atoms with Gasteiger partial charge in [-0.3, -0.25) is 4.79 Å². The molecule has 1 saturated heterocycles. The van der Waals surface area contributed by atoms with Gasteiger partial charge in [-0.1, -0.05) is 0 Å². The van der Waals surface area contributed by atoms with Crippen molar-refractivity contribution in [1.29, 1.82) is 0 Å². The van der Waals surface area contributed by atoms with Gasteiger partial charge in [-0.2, -0.15) is 0 Å². The third-order valence-corrected chi connectivity index (χ3v) is 3.82.